The predicted molar refractivity (Wildman–Crippen MR) is 127 cm³/mol. The van der Waals surface area contributed by atoms with Gasteiger partial charge in [-0.15, -0.1) is 0 Å². The van der Waals surface area contributed by atoms with E-state index in [4.69, 9.17) is 0 Å². The molecule has 2 amide bonds. The van der Waals surface area contributed by atoms with Crippen LogP contribution in [0.1, 0.15) is 52.6 Å². The Morgan fingerprint density at radius 1 is 0.611 bits per heavy atom. The maximum absolute atomic E-state index is 14.3. The minimum atomic E-state index is -0.928. The van der Waals surface area contributed by atoms with Gasteiger partial charge in [0, 0.05) is 27.8 Å². The Hall–Kier alpha value is -5.11. The number of phenols is 2. The number of phenolic OH excluding ortho intramolecular Hbond substituents is 2. The Balaban J connectivity index is 1.66. The van der Waals surface area contributed by atoms with Crippen LogP contribution < -0.4 is 4.90 Å². The van der Waals surface area contributed by atoms with E-state index >= 15 is 0 Å². The number of ketones is 2. The van der Waals surface area contributed by atoms with Crippen LogP contribution in [0.4, 0.5) is 10.1 Å². The van der Waals surface area contributed by atoms with Crippen LogP contribution >= 0.6 is 0 Å². The number of anilines is 1. The molecule has 0 atom stereocenters. The smallest absolute Gasteiger partial charge is 0.268 e. The Bertz CT molecular complexity index is 1500. The first kappa shape index (κ1) is 22.7. The number of aromatic hydroxyl groups is 2. The van der Waals surface area contributed by atoms with Gasteiger partial charge in [-0.3, -0.25) is 19.2 Å². The van der Waals surface area contributed by atoms with Crippen LogP contribution in [0, 0.1) is 5.82 Å². The van der Waals surface area contributed by atoms with Crippen LogP contribution in [-0.4, -0.2) is 33.6 Å². The summed E-state index contributed by atoms with van der Waals surface area (Å²) < 4.78 is 14.3. The molecule has 5 rings (SSSR count). The van der Waals surface area contributed by atoms with Crippen LogP contribution in [0.25, 0.3) is 0 Å². The monoisotopic (exact) mass is 481 g/mol. The highest BCUT2D eigenvalue weighted by Crippen LogP contribution is 2.30. The lowest BCUT2D eigenvalue weighted by Crippen LogP contribution is -2.41. The molecule has 7 nitrogen and oxygen atoms in total. The van der Waals surface area contributed by atoms with Crippen molar-refractivity contribution in [3.8, 4) is 11.5 Å². The third kappa shape index (κ3) is 3.90. The number of hydrogen-bond donors (Lipinski definition) is 2. The summed E-state index contributed by atoms with van der Waals surface area (Å²) in [4.78, 5) is 53.3. The van der Waals surface area contributed by atoms with Gasteiger partial charge in [0.25, 0.3) is 11.8 Å². The highest BCUT2D eigenvalue weighted by molar-refractivity contribution is 6.29. The lowest BCUT2D eigenvalue weighted by atomic mass is 9.95. The number of fused-ring (bicyclic) bond motifs is 2. The van der Waals surface area contributed by atoms with Crippen molar-refractivity contribution < 1.29 is 33.8 Å². The Morgan fingerprint density at radius 3 is 1.61 bits per heavy atom. The van der Waals surface area contributed by atoms with Gasteiger partial charge in [0.05, 0.1) is 11.3 Å². The number of hydrogen-bond acceptors (Lipinski definition) is 6. The summed E-state index contributed by atoms with van der Waals surface area (Å²) in [7, 11) is 0. The second-order valence-corrected chi connectivity index (χ2v) is 8.16. The quantitative estimate of drug-likeness (QED) is 0.321. The van der Waals surface area contributed by atoms with E-state index in [9.17, 15) is 33.8 Å². The summed E-state index contributed by atoms with van der Waals surface area (Å²) in [6.45, 7) is 0. The first-order valence-corrected chi connectivity index (χ1v) is 10.7. The number of benzene rings is 4. The molecule has 0 saturated carbocycles. The van der Waals surface area contributed by atoms with Gasteiger partial charge in [0.1, 0.15) is 17.3 Å². The summed E-state index contributed by atoms with van der Waals surface area (Å²) in [6.07, 6.45) is 0. The Morgan fingerprint density at radius 2 is 1.11 bits per heavy atom. The SMILES string of the molecule is O=C(c1ccc(O)cc1)c1cc(C(=O)c2ccc(O)cc2)cc(N2C(=O)c3ccc(F)c(c3)C2=O)c1. The average molecular weight is 481 g/mol. The molecule has 4 aromatic rings. The molecule has 2 N–H and O–H groups in total. The second-order valence-electron chi connectivity index (χ2n) is 8.16. The van der Waals surface area contributed by atoms with Gasteiger partial charge in [-0.05, 0) is 84.9 Å². The molecule has 0 aromatic heterocycles. The predicted octanol–water partition coefficient (Wildman–Crippen LogP) is 4.50. The van der Waals surface area contributed by atoms with Gasteiger partial charge in [-0.1, -0.05) is 0 Å². The molecule has 36 heavy (non-hydrogen) atoms. The van der Waals surface area contributed by atoms with Gasteiger partial charge >= 0.3 is 0 Å². The number of nitrogens with zero attached hydrogens (tertiary/aromatic N) is 1. The summed E-state index contributed by atoms with van der Waals surface area (Å²) in [5.41, 5.74) is 0.0664. The van der Waals surface area contributed by atoms with Crippen LogP contribution in [0.3, 0.4) is 0 Å². The fourth-order valence-corrected chi connectivity index (χ4v) is 3.96. The second kappa shape index (κ2) is 8.59. The zero-order chi connectivity index (χ0) is 25.6. The van der Waals surface area contributed by atoms with Crippen molar-refractivity contribution >= 4 is 29.1 Å². The highest BCUT2D eigenvalue weighted by Gasteiger charge is 2.34. The van der Waals surface area contributed by atoms with Crippen molar-refractivity contribution in [1.82, 2.24) is 0 Å². The molecular weight excluding hydrogens is 465 g/mol. The fraction of sp³-hybridized carbons (Fsp3) is 0. The molecule has 0 unspecified atom stereocenters. The number of carbonyl (C=O) groups is 4. The van der Waals surface area contributed by atoms with Gasteiger partial charge in [0.2, 0.25) is 0 Å². The summed E-state index contributed by atoms with van der Waals surface area (Å²) in [5.74, 6) is -3.62. The fourth-order valence-electron chi connectivity index (χ4n) is 3.96. The summed E-state index contributed by atoms with van der Waals surface area (Å²) in [5, 5.41) is 19.1. The molecule has 0 radical (unpaired) electrons. The van der Waals surface area contributed by atoms with Crippen molar-refractivity contribution in [1.29, 1.82) is 0 Å². The molecule has 176 valence electrons. The van der Waals surface area contributed by atoms with Gasteiger partial charge < -0.3 is 10.2 Å². The van der Waals surface area contributed by atoms with Crippen molar-refractivity contribution in [3.05, 3.63) is 124 Å². The van der Waals surface area contributed by atoms with Crippen molar-refractivity contribution in [2.45, 2.75) is 0 Å². The van der Waals surface area contributed by atoms with Crippen LogP contribution in [0.15, 0.2) is 84.9 Å². The first-order valence-electron chi connectivity index (χ1n) is 10.7. The topological polar surface area (TPSA) is 112 Å². The zero-order valence-electron chi connectivity index (χ0n) is 18.4. The van der Waals surface area contributed by atoms with E-state index in [2.05, 4.69) is 0 Å². The highest BCUT2D eigenvalue weighted by atomic mass is 19.1. The van der Waals surface area contributed by atoms with E-state index in [1.165, 1.54) is 72.8 Å². The van der Waals surface area contributed by atoms with E-state index in [1.54, 1.807) is 0 Å². The number of imide groups is 1. The Labute approximate surface area is 203 Å². The summed E-state index contributed by atoms with van der Waals surface area (Å²) >= 11 is 0. The Kier molecular flexibility index (Phi) is 5.41. The molecule has 0 spiro atoms. The first-order chi connectivity index (χ1) is 17.2. The summed E-state index contributed by atoms with van der Waals surface area (Å²) in [6, 6.07) is 18.2. The molecule has 4 aromatic carbocycles. The number of carbonyl (C=O) groups excluding carboxylic acids is 4. The van der Waals surface area contributed by atoms with E-state index in [0.29, 0.717) is 0 Å². The molecule has 0 fully saturated rings. The van der Waals surface area contributed by atoms with E-state index < -0.39 is 29.2 Å². The third-order valence-electron chi connectivity index (χ3n) is 5.81. The molecule has 1 heterocycles. The minimum Gasteiger partial charge on any atom is -0.508 e. The largest absolute Gasteiger partial charge is 0.508 e. The van der Waals surface area contributed by atoms with E-state index in [0.717, 1.165) is 17.0 Å². The minimum absolute atomic E-state index is 0.00405. The van der Waals surface area contributed by atoms with Gasteiger partial charge in [0.15, 0.2) is 11.6 Å². The number of amides is 2. The van der Waals surface area contributed by atoms with E-state index in [-0.39, 0.29) is 50.6 Å². The lowest BCUT2D eigenvalue weighted by Gasteiger charge is -2.26. The molecule has 0 saturated heterocycles. The average Bonchev–Trinajstić information content (AvgIpc) is 2.88. The number of rotatable bonds is 5. The molecule has 1 aliphatic rings. The van der Waals surface area contributed by atoms with Crippen LogP contribution in [-0.2, 0) is 0 Å². The van der Waals surface area contributed by atoms with E-state index in [1.807, 2.05) is 0 Å². The van der Waals surface area contributed by atoms with Crippen LogP contribution in [0.2, 0.25) is 0 Å². The van der Waals surface area contributed by atoms with Gasteiger partial charge in [-0.25, -0.2) is 9.29 Å². The van der Waals surface area contributed by atoms with Crippen molar-refractivity contribution in [2.75, 3.05) is 4.90 Å². The standard InChI is InChI=1S/C28H16FNO6/c29-24-10-5-17-14-23(24)28(36)30(27(17)35)20-12-18(25(33)15-1-6-21(31)7-2-15)11-19(13-20)26(34)16-3-8-22(32)9-4-16/h1-14,31-32H. The molecule has 1 aliphatic heterocycles. The van der Waals surface area contributed by atoms with Crippen LogP contribution in [0.5, 0.6) is 11.5 Å². The zero-order valence-corrected chi connectivity index (χ0v) is 18.4. The van der Waals surface area contributed by atoms with Crippen molar-refractivity contribution in [3.63, 3.8) is 0 Å². The molecule has 8 heteroatoms. The normalized spacial score (nSPS) is 12.5. The maximum atomic E-state index is 14.3. The van der Waals surface area contributed by atoms with Gasteiger partial charge in [-0.2, -0.15) is 0 Å². The molecular formula is C28H16FNO6. The molecule has 0 aliphatic carbocycles. The lowest BCUT2D eigenvalue weighted by molar-refractivity contribution is 0.0884. The van der Waals surface area contributed by atoms with Crippen molar-refractivity contribution in [2.24, 2.45) is 0 Å². The molecule has 2 bridgehead atoms. The maximum Gasteiger partial charge on any atom is 0.268 e. The number of halogens is 1. The third-order valence-corrected chi connectivity index (χ3v) is 5.81.